The zero-order valence-electron chi connectivity index (χ0n) is 8.95. The van der Waals surface area contributed by atoms with Crippen molar-refractivity contribution >= 4 is 11.9 Å². The van der Waals surface area contributed by atoms with E-state index in [1.54, 1.807) is 7.11 Å². The van der Waals surface area contributed by atoms with Crippen LogP contribution in [0.1, 0.15) is 19.8 Å². The first kappa shape index (κ1) is 9.95. The lowest BCUT2D eigenvalue weighted by Gasteiger charge is -2.07. The number of ether oxygens (including phenoxy) is 1. The molecular weight excluding hydrogens is 194 g/mol. The van der Waals surface area contributed by atoms with Gasteiger partial charge in [-0.3, -0.25) is 0 Å². The molecule has 1 saturated carbocycles. The molecule has 1 aromatic rings. The molecule has 2 N–H and O–H groups in total. The van der Waals surface area contributed by atoms with E-state index in [1.807, 2.05) is 6.92 Å². The van der Waals surface area contributed by atoms with E-state index in [2.05, 4.69) is 25.6 Å². The van der Waals surface area contributed by atoms with Crippen LogP contribution in [0.5, 0.6) is 6.01 Å². The van der Waals surface area contributed by atoms with Crippen molar-refractivity contribution in [3.63, 3.8) is 0 Å². The van der Waals surface area contributed by atoms with Gasteiger partial charge in [0, 0.05) is 12.6 Å². The molecule has 6 heteroatoms. The number of methoxy groups -OCH3 is 1. The largest absolute Gasteiger partial charge is 0.467 e. The molecule has 0 atom stereocenters. The zero-order valence-corrected chi connectivity index (χ0v) is 8.95. The molecule has 82 valence electrons. The van der Waals surface area contributed by atoms with Crippen molar-refractivity contribution in [2.75, 3.05) is 24.3 Å². The Hall–Kier alpha value is -1.59. The van der Waals surface area contributed by atoms with Crippen molar-refractivity contribution in [3.05, 3.63) is 0 Å². The van der Waals surface area contributed by atoms with Crippen LogP contribution in [0.15, 0.2) is 0 Å². The Morgan fingerprint density at radius 2 is 2.00 bits per heavy atom. The first-order valence-electron chi connectivity index (χ1n) is 5.12. The van der Waals surface area contributed by atoms with Gasteiger partial charge in [0.2, 0.25) is 11.9 Å². The standard InChI is InChI=1S/C9H15N5O/c1-3-10-7-12-8(11-6-4-5-6)14-9(13-7)15-2/h6H,3-5H2,1-2H3,(H2,10,11,12,13,14). The van der Waals surface area contributed by atoms with E-state index in [-0.39, 0.29) is 0 Å². The number of aromatic nitrogens is 3. The first-order chi connectivity index (χ1) is 7.31. The highest BCUT2D eigenvalue weighted by Gasteiger charge is 2.22. The average Bonchev–Trinajstić information content (AvgIpc) is 3.02. The fourth-order valence-electron chi connectivity index (χ4n) is 1.16. The molecule has 1 aromatic heterocycles. The van der Waals surface area contributed by atoms with Crippen molar-refractivity contribution in [2.45, 2.75) is 25.8 Å². The Morgan fingerprint density at radius 1 is 1.27 bits per heavy atom. The SMILES string of the molecule is CCNc1nc(NC2CC2)nc(OC)n1. The summed E-state index contributed by atoms with van der Waals surface area (Å²) in [4.78, 5) is 12.4. The molecule has 1 aliphatic rings. The quantitative estimate of drug-likeness (QED) is 0.750. The Bertz CT molecular complexity index is 339. The lowest BCUT2D eigenvalue weighted by molar-refractivity contribution is 0.379. The summed E-state index contributed by atoms with van der Waals surface area (Å²) in [6.07, 6.45) is 2.37. The predicted octanol–water partition coefficient (Wildman–Crippen LogP) is 0.886. The topological polar surface area (TPSA) is 72.0 Å². The van der Waals surface area contributed by atoms with E-state index in [0.29, 0.717) is 23.9 Å². The molecule has 0 bridgehead atoms. The first-order valence-corrected chi connectivity index (χ1v) is 5.12. The van der Waals surface area contributed by atoms with Crippen LogP contribution < -0.4 is 15.4 Å². The smallest absolute Gasteiger partial charge is 0.322 e. The second-order valence-electron chi connectivity index (χ2n) is 3.42. The molecule has 0 amide bonds. The van der Waals surface area contributed by atoms with Crippen LogP contribution >= 0.6 is 0 Å². The second-order valence-corrected chi connectivity index (χ2v) is 3.42. The highest BCUT2D eigenvalue weighted by atomic mass is 16.5. The van der Waals surface area contributed by atoms with Gasteiger partial charge in [-0.2, -0.15) is 15.0 Å². The van der Waals surface area contributed by atoms with Gasteiger partial charge in [-0.05, 0) is 19.8 Å². The van der Waals surface area contributed by atoms with Gasteiger partial charge in [-0.25, -0.2) is 0 Å². The summed E-state index contributed by atoms with van der Waals surface area (Å²) >= 11 is 0. The second kappa shape index (κ2) is 4.29. The fourth-order valence-corrected chi connectivity index (χ4v) is 1.16. The lowest BCUT2D eigenvalue weighted by atomic mass is 10.7. The van der Waals surface area contributed by atoms with Crippen LogP contribution in [0, 0.1) is 0 Å². The van der Waals surface area contributed by atoms with Crippen LogP contribution in [0.25, 0.3) is 0 Å². The zero-order chi connectivity index (χ0) is 10.7. The number of anilines is 2. The van der Waals surface area contributed by atoms with E-state index < -0.39 is 0 Å². The average molecular weight is 209 g/mol. The third-order valence-electron chi connectivity index (χ3n) is 2.04. The molecule has 0 unspecified atom stereocenters. The van der Waals surface area contributed by atoms with E-state index in [9.17, 15) is 0 Å². The molecule has 0 saturated heterocycles. The minimum absolute atomic E-state index is 0.337. The number of nitrogens with zero attached hydrogens (tertiary/aromatic N) is 3. The summed E-state index contributed by atoms with van der Waals surface area (Å²) < 4.78 is 5.00. The van der Waals surface area contributed by atoms with Gasteiger partial charge in [0.05, 0.1) is 7.11 Å². The van der Waals surface area contributed by atoms with Crippen molar-refractivity contribution in [2.24, 2.45) is 0 Å². The van der Waals surface area contributed by atoms with E-state index in [1.165, 1.54) is 12.8 Å². The molecule has 1 fully saturated rings. The number of rotatable bonds is 5. The van der Waals surface area contributed by atoms with Gasteiger partial charge in [-0.15, -0.1) is 0 Å². The minimum atomic E-state index is 0.337. The third kappa shape index (κ3) is 2.68. The van der Waals surface area contributed by atoms with Crippen LogP contribution in [-0.4, -0.2) is 34.6 Å². The van der Waals surface area contributed by atoms with Crippen molar-refractivity contribution in [3.8, 4) is 6.01 Å². The van der Waals surface area contributed by atoms with Crippen LogP contribution in [0.3, 0.4) is 0 Å². The van der Waals surface area contributed by atoms with E-state index >= 15 is 0 Å². The van der Waals surface area contributed by atoms with Gasteiger partial charge in [0.25, 0.3) is 0 Å². The predicted molar refractivity (Wildman–Crippen MR) is 57.2 cm³/mol. The molecule has 6 nitrogen and oxygen atoms in total. The summed E-state index contributed by atoms with van der Waals surface area (Å²) in [5.74, 6) is 1.13. The Morgan fingerprint density at radius 3 is 2.60 bits per heavy atom. The fraction of sp³-hybridized carbons (Fsp3) is 0.667. The van der Waals surface area contributed by atoms with E-state index in [0.717, 1.165) is 6.54 Å². The normalized spacial score (nSPS) is 14.8. The van der Waals surface area contributed by atoms with Crippen LogP contribution in [0.2, 0.25) is 0 Å². The summed E-state index contributed by atoms with van der Waals surface area (Å²) in [5, 5.41) is 6.24. The molecule has 0 aromatic carbocycles. The highest BCUT2D eigenvalue weighted by Crippen LogP contribution is 2.23. The summed E-state index contributed by atoms with van der Waals surface area (Å²) in [7, 11) is 1.55. The molecule has 1 aliphatic carbocycles. The molecule has 0 aliphatic heterocycles. The van der Waals surface area contributed by atoms with Gasteiger partial charge in [-0.1, -0.05) is 0 Å². The maximum absolute atomic E-state index is 5.00. The van der Waals surface area contributed by atoms with E-state index in [4.69, 9.17) is 4.74 Å². The maximum Gasteiger partial charge on any atom is 0.322 e. The molecular formula is C9H15N5O. The lowest BCUT2D eigenvalue weighted by Crippen LogP contribution is -2.10. The molecule has 1 heterocycles. The van der Waals surface area contributed by atoms with Crippen molar-refractivity contribution < 1.29 is 4.74 Å². The summed E-state index contributed by atoms with van der Waals surface area (Å²) in [5.41, 5.74) is 0. The van der Waals surface area contributed by atoms with Crippen LogP contribution in [-0.2, 0) is 0 Å². The summed E-state index contributed by atoms with van der Waals surface area (Å²) in [6, 6.07) is 0.857. The Kier molecular flexibility index (Phi) is 2.84. The Labute approximate surface area is 88.5 Å². The Balaban J connectivity index is 2.15. The molecule has 0 spiro atoms. The number of nitrogens with one attached hydrogen (secondary N) is 2. The van der Waals surface area contributed by atoms with Crippen LogP contribution in [0.4, 0.5) is 11.9 Å². The van der Waals surface area contributed by atoms with Gasteiger partial charge in [0.1, 0.15) is 0 Å². The number of hydrogen-bond donors (Lipinski definition) is 2. The molecule has 15 heavy (non-hydrogen) atoms. The molecule has 0 radical (unpaired) electrons. The third-order valence-corrected chi connectivity index (χ3v) is 2.04. The summed E-state index contributed by atoms with van der Waals surface area (Å²) in [6.45, 7) is 2.76. The highest BCUT2D eigenvalue weighted by molar-refractivity contribution is 5.37. The minimum Gasteiger partial charge on any atom is -0.467 e. The van der Waals surface area contributed by atoms with Gasteiger partial charge >= 0.3 is 6.01 Å². The van der Waals surface area contributed by atoms with Gasteiger partial charge < -0.3 is 15.4 Å². The van der Waals surface area contributed by atoms with Gasteiger partial charge in [0.15, 0.2) is 0 Å². The van der Waals surface area contributed by atoms with Crippen molar-refractivity contribution in [1.29, 1.82) is 0 Å². The number of hydrogen-bond acceptors (Lipinski definition) is 6. The monoisotopic (exact) mass is 209 g/mol. The maximum atomic E-state index is 5.00. The molecule has 2 rings (SSSR count). The van der Waals surface area contributed by atoms with Crippen molar-refractivity contribution in [1.82, 2.24) is 15.0 Å².